The van der Waals surface area contributed by atoms with Crippen molar-refractivity contribution >= 4 is 23.3 Å². The number of benzene rings is 2. The molecule has 0 atom stereocenters. The van der Waals surface area contributed by atoms with E-state index in [1.54, 1.807) is 48.5 Å². The molecule has 3 rings (SSSR count). The Balaban J connectivity index is 1.69. The highest BCUT2D eigenvalue weighted by molar-refractivity contribution is 6.05. The van der Waals surface area contributed by atoms with Crippen LogP contribution < -0.4 is 21.5 Å². The number of aromatic nitrogens is 2. The van der Waals surface area contributed by atoms with Crippen molar-refractivity contribution in [2.45, 2.75) is 0 Å². The normalized spacial score (nSPS) is 10.2. The first-order valence-electron chi connectivity index (χ1n) is 7.58. The smallest absolute Gasteiger partial charge is 0.278 e. The zero-order valence-corrected chi connectivity index (χ0v) is 13.5. The number of amides is 2. The first kappa shape index (κ1) is 16.9. The Hall–Kier alpha value is -3.94. The van der Waals surface area contributed by atoms with E-state index in [1.165, 1.54) is 12.4 Å². The van der Waals surface area contributed by atoms with Crippen molar-refractivity contribution in [2.75, 3.05) is 11.1 Å². The van der Waals surface area contributed by atoms with E-state index in [-0.39, 0.29) is 11.5 Å². The summed E-state index contributed by atoms with van der Waals surface area (Å²) >= 11 is 0. The minimum atomic E-state index is -0.531. The molecule has 0 radical (unpaired) electrons. The molecule has 0 unspecified atom stereocenters. The summed E-state index contributed by atoms with van der Waals surface area (Å²) in [6.07, 6.45) is 2.80. The van der Waals surface area contributed by atoms with Gasteiger partial charge in [0.05, 0.1) is 0 Å². The highest BCUT2D eigenvalue weighted by atomic mass is 16.5. The maximum absolute atomic E-state index is 12.1. The second kappa shape index (κ2) is 7.31. The predicted molar refractivity (Wildman–Crippen MR) is 95.9 cm³/mol. The molecule has 0 fully saturated rings. The van der Waals surface area contributed by atoms with Gasteiger partial charge in [-0.3, -0.25) is 9.59 Å². The van der Waals surface area contributed by atoms with Crippen LogP contribution in [0.4, 0.5) is 11.5 Å². The lowest BCUT2D eigenvalue weighted by Crippen LogP contribution is -2.16. The number of nitrogen functional groups attached to an aromatic ring is 1. The Morgan fingerprint density at radius 3 is 2.38 bits per heavy atom. The summed E-state index contributed by atoms with van der Waals surface area (Å²) in [4.78, 5) is 31.1. The molecule has 0 aliphatic carbocycles. The molecule has 0 aliphatic rings. The minimum absolute atomic E-state index is 0.0519. The van der Waals surface area contributed by atoms with Crippen LogP contribution in [0.1, 0.15) is 20.8 Å². The third-order valence-electron chi connectivity index (χ3n) is 3.41. The molecule has 3 aromatic rings. The summed E-state index contributed by atoms with van der Waals surface area (Å²) in [7, 11) is 0. The first-order valence-corrected chi connectivity index (χ1v) is 7.58. The molecule has 130 valence electrons. The Bertz CT molecular complexity index is 957. The van der Waals surface area contributed by atoms with E-state index in [9.17, 15) is 9.59 Å². The van der Waals surface area contributed by atoms with Crippen molar-refractivity contribution in [1.82, 2.24) is 9.97 Å². The number of nitrogens with two attached hydrogens (primary N) is 2. The summed E-state index contributed by atoms with van der Waals surface area (Å²) < 4.78 is 5.67. The van der Waals surface area contributed by atoms with Gasteiger partial charge < -0.3 is 21.5 Å². The molecule has 26 heavy (non-hydrogen) atoms. The largest absolute Gasteiger partial charge is 0.457 e. The Morgan fingerprint density at radius 1 is 0.962 bits per heavy atom. The van der Waals surface area contributed by atoms with E-state index < -0.39 is 11.8 Å². The third kappa shape index (κ3) is 3.93. The third-order valence-corrected chi connectivity index (χ3v) is 3.41. The van der Waals surface area contributed by atoms with E-state index in [2.05, 4.69) is 15.3 Å². The Kier molecular flexibility index (Phi) is 4.75. The fourth-order valence-electron chi connectivity index (χ4n) is 2.17. The molecule has 8 heteroatoms. The maximum atomic E-state index is 12.1. The van der Waals surface area contributed by atoms with Gasteiger partial charge >= 0.3 is 0 Å². The quantitative estimate of drug-likeness (QED) is 0.646. The van der Waals surface area contributed by atoms with Crippen molar-refractivity contribution in [3.63, 3.8) is 0 Å². The number of hydrogen-bond donors (Lipinski definition) is 3. The molecule has 0 aliphatic heterocycles. The van der Waals surface area contributed by atoms with Crippen molar-refractivity contribution in [3.05, 3.63) is 72.2 Å². The highest BCUT2D eigenvalue weighted by Gasteiger charge is 2.12. The van der Waals surface area contributed by atoms with E-state index in [4.69, 9.17) is 16.2 Å². The van der Waals surface area contributed by atoms with Crippen molar-refractivity contribution in [1.29, 1.82) is 0 Å². The molecule has 0 bridgehead atoms. The molecule has 8 nitrogen and oxygen atoms in total. The van der Waals surface area contributed by atoms with Gasteiger partial charge in [0.25, 0.3) is 5.91 Å². The Labute approximate surface area is 148 Å². The van der Waals surface area contributed by atoms with Crippen LogP contribution in [0.15, 0.2) is 60.9 Å². The van der Waals surface area contributed by atoms with Crippen molar-refractivity contribution < 1.29 is 14.3 Å². The van der Waals surface area contributed by atoms with Gasteiger partial charge in [-0.25, -0.2) is 9.97 Å². The number of rotatable bonds is 5. The van der Waals surface area contributed by atoms with Crippen LogP contribution in [0.3, 0.4) is 0 Å². The number of ether oxygens (including phenoxy) is 1. The van der Waals surface area contributed by atoms with Gasteiger partial charge in [-0.15, -0.1) is 0 Å². The summed E-state index contributed by atoms with van der Waals surface area (Å²) in [5.74, 6) is 0.0727. The molecule has 0 spiro atoms. The lowest BCUT2D eigenvalue weighted by atomic mass is 10.2. The lowest BCUT2D eigenvalue weighted by molar-refractivity contribution is 0.0997. The molecular weight excluding hydrogens is 334 g/mol. The average molecular weight is 349 g/mol. The summed E-state index contributed by atoms with van der Waals surface area (Å²) in [5.41, 5.74) is 11.8. The molecule has 5 N–H and O–H groups in total. The van der Waals surface area contributed by atoms with Crippen molar-refractivity contribution in [3.8, 4) is 11.5 Å². The zero-order valence-electron chi connectivity index (χ0n) is 13.5. The molecule has 0 saturated heterocycles. The number of hydrogen-bond acceptors (Lipinski definition) is 6. The number of nitrogens with one attached hydrogen (secondary N) is 1. The van der Waals surface area contributed by atoms with Gasteiger partial charge in [-0.1, -0.05) is 6.07 Å². The summed E-state index contributed by atoms with van der Waals surface area (Å²) in [5, 5.41) is 2.68. The molecule has 2 amide bonds. The number of primary amides is 1. The average Bonchev–Trinajstić information content (AvgIpc) is 2.64. The monoisotopic (exact) mass is 349 g/mol. The number of carbonyl (C=O) groups is 2. The zero-order chi connectivity index (χ0) is 18.5. The van der Waals surface area contributed by atoms with E-state index in [1.807, 2.05) is 0 Å². The summed E-state index contributed by atoms with van der Waals surface area (Å²) in [6.45, 7) is 0. The molecule has 1 aromatic heterocycles. The molecule has 1 heterocycles. The standard InChI is InChI=1S/C18H15N5O3/c19-16-15(21-8-9-22-16)18(25)23-12-4-6-13(7-5-12)26-14-3-1-2-11(10-14)17(20)24/h1-10H,(H2,19,22)(H2,20,24)(H,23,25). The van der Waals surface area contributed by atoms with Crippen LogP contribution in [0.2, 0.25) is 0 Å². The molecule has 2 aromatic carbocycles. The lowest BCUT2D eigenvalue weighted by Gasteiger charge is -2.09. The van der Waals surface area contributed by atoms with Gasteiger partial charge in [-0.05, 0) is 42.5 Å². The van der Waals surface area contributed by atoms with Crippen LogP contribution in [0.25, 0.3) is 0 Å². The number of nitrogens with zero attached hydrogens (tertiary/aromatic N) is 2. The predicted octanol–water partition coefficient (Wildman–Crippen LogP) is 2.20. The van der Waals surface area contributed by atoms with Gasteiger partial charge in [0.2, 0.25) is 5.91 Å². The summed E-state index contributed by atoms with van der Waals surface area (Å²) in [6, 6.07) is 13.2. The van der Waals surface area contributed by atoms with E-state index in [0.29, 0.717) is 22.7 Å². The van der Waals surface area contributed by atoms with Crippen LogP contribution in [-0.4, -0.2) is 21.8 Å². The molecule has 0 saturated carbocycles. The topological polar surface area (TPSA) is 133 Å². The molecular formula is C18H15N5O3. The van der Waals surface area contributed by atoms with Gasteiger partial charge in [0, 0.05) is 23.6 Å². The van der Waals surface area contributed by atoms with Crippen LogP contribution in [0, 0.1) is 0 Å². The van der Waals surface area contributed by atoms with Gasteiger partial charge in [-0.2, -0.15) is 0 Å². The van der Waals surface area contributed by atoms with Crippen LogP contribution >= 0.6 is 0 Å². The van der Waals surface area contributed by atoms with Gasteiger partial charge in [0.15, 0.2) is 11.5 Å². The fraction of sp³-hybridized carbons (Fsp3) is 0. The maximum Gasteiger partial charge on any atom is 0.278 e. The van der Waals surface area contributed by atoms with Gasteiger partial charge in [0.1, 0.15) is 11.5 Å². The SMILES string of the molecule is NC(=O)c1cccc(Oc2ccc(NC(=O)c3nccnc3N)cc2)c1. The Morgan fingerprint density at radius 2 is 1.69 bits per heavy atom. The second-order valence-electron chi connectivity index (χ2n) is 5.26. The number of carbonyl (C=O) groups excluding carboxylic acids is 2. The van der Waals surface area contributed by atoms with Crippen LogP contribution in [-0.2, 0) is 0 Å². The van der Waals surface area contributed by atoms with E-state index in [0.717, 1.165) is 0 Å². The van der Waals surface area contributed by atoms with Crippen molar-refractivity contribution in [2.24, 2.45) is 5.73 Å². The second-order valence-corrected chi connectivity index (χ2v) is 5.26. The van der Waals surface area contributed by atoms with E-state index >= 15 is 0 Å². The number of anilines is 2. The first-order chi connectivity index (χ1) is 12.5. The fourth-order valence-corrected chi connectivity index (χ4v) is 2.17. The van der Waals surface area contributed by atoms with Crippen LogP contribution in [0.5, 0.6) is 11.5 Å². The highest BCUT2D eigenvalue weighted by Crippen LogP contribution is 2.24. The minimum Gasteiger partial charge on any atom is -0.457 e.